The molecule has 0 heterocycles. The van der Waals surface area contributed by atoms with Crippen molar-refractivity contribution in [2.24, 2.45) is 5.92 Å². The molecular weight excluding hydrogens is 196 g/mol. The van der Waals surface area contributed by atoms with Crippen molar-refractivity contribution < 1.29 is 0 Å². The summed E-state index contributed by atoms with van der Waals surface area (Å²) in [5.41, 5.74) is 0. The van der Waals surface area contributed by atoms with Crippen molar-refractivity contribution >= 4 is 0 Å². The molecule has 1 fully saturated rings. The van der Waals surface area contributed by atoms with Crippen molar-refractivity contribution in [1.82, 2.24) is 10.2 Å². The second-order valence-corrected chi connectivity index (χ2v) is 5.67. The second kappa shape index (κ2) is 7.29. The summed E-state index contributed by atoms with van der Waals surface area (Å²) in [4.78, 5) is 2.63. The first kappa shape index (κ1) is 14.0. The van der Waals surface area contributed by atoms with E-state index >= 15 is 0 Å². The lowest BCUT2D eigenvalue weighted by Gasteiger charge is -2.37. The molecule has 0 radical (unpaired) electrons. The zero-order valence-electron chi connectivity index (χ0n) is 11.6. The Morgan fingerprint density at radius 1 is 1.25 bits per heavy atom. The first-order chi connectivity index (χ1) is 7.65. The molecule has 0 aliphatic heterocycles. The molecule has 2 heteroatoms. The summed E-state index contributed by atoms with van der Waals surface area (Å²) in [5.74, 6) is 0.962. The van der Waals surface area contributed by atoms with E-state index in [1.807, 2.05) is 7.05 Å². The van der Waals surface area contributed by atoms with Gasteiger partial charge in [0, 0.05) is 12.1 Å². The van der Waals surface area contributed by atoms with Crippen molar-refractivity contribution in [3.63, 3.8) is 0 Å². The Labute approximate surface area is 102 Å². The number of nitrogens with one attached hydrogen (secondary N) is 1. The molecule has 0 aromatic rings. The Bertz CT molecular complexity index is 174. The zero-order chi connectivity index (χ0) is 12.0. The van der Waals surface area contributed by atoms with E-state index in [1.165, 1.54) is 38.5 Å². The third kappa shape index (κ3) is 4.42. The van der Waals surface area contributed by atoms with Crippen molar-refractivity contribution in [3.8, 4) is 0 Å². The van der Waals surface area contributed by atoms with Crippen LogP contribution in [0.1, 0.15) is 52.4 Å². The van der Waals surface area contributed by atoms with E-state index in [-0.39, 0.29) is 0 Å². The Morgan fingerprint density at radius 3 is 2.44 bits per heavy atom. The molecule has 0 amide bonds. The summed E-state index contributed by atoms with van der Waals surface area (Å²) in [6.45, 7) is 5.93. The number of rotatable bonds is 6. The standard InChI is InChI=1S/C14H30N2/c1-12-7-9-14(10-8-12)16(4)13(2)6-5-11-15-3/h12-15H,5-11H2,1-4H3. The molecule has 1 N–H and O–H groups in total. The molecule has 1 aliphatic rings. The molecule has 96 valence electrons. The average molecular weight is 226 g/mol. The van der Waals surface area contributed by atoms with Gasteiger partial charge in [0.25, 0.3) is 0 Å². The Morgan fingerprint density at radius 2 is 1.88 bits per heavy atom. The first-order valence-corrected chi connectivity index (χ1v) is 7.01. The van der Waals surface area contributed by atoms with Crippen LogP contribution >= 0.6 is 0 Å². The Hall–Kier alpha value is -0.0800. The van der Waals surface area contributed by atoms with Gasteiger partial charge in [-0.25, -0.2) is 0 Å². The van der Waals surface area contributed by atoms with Gasteiger partial charge in [-0.3, -0.25) is 0 Å². The highest BCUT2D eigenvalue weighted by molar-refractivity contribution is 4.79. The van der Waals surface area contributed by atoms with Crippen LogP contribution in [0.2, 0.25) is 0 Å². The van der Waals surface area contributed by atoms with E-state index in [0.717, 1.165) is 24.5 Å². The molecule has 16 heavy (non-hydrogen) atoms. The Balaban J connectivity index is 2.24. The topological polar surface area (TPSA) is 15.3 Å². The maximum Gasteiger partial charge on any atom is 0.00952 e. The van der Waals surface area contributed by atoms with Gasteiger partial charge in [-0.2, -0.15) is 0 Å². The van der Waals surface area contributed by atoms with Gasteiger partial charge in [0.2, 0.25) is 0 Å². The normalized spacial score (nSPS) is 28.3. The van der Waals surface area contributed by atoms with E-state index < -0.39 is 0 Å². The number of hydrogen-bond acceptors (Lipinski definition) is 2. The molecule has 0 aromatic carbocycles. The van der Waals surface area contributed by atoms with Crippen LogP contribution in [0.15, 0.2) is 0 Å². The zero-order valence-corrected chi connectivity index (χ0v) is 11.6. The van der Waals surface area contributed by atoms with Gasteiger partial charge >= 0.3 is 0 Å². The van der Waals surface area contributed by atoms with Crippen LogP contribution in [0.4, 0.5) is 0 Å². The second-order valence-electron chi connectivity index (χ2n) is 5.67. The minimum atomic E-state index is 0.742. The molecule has 0 bridgehead atoms. The van der Waals surface area contributed by atoms with Crippen LogP contribution < -0.4 is 5.32 Å². The predicted molar refractivity (Wildman–Crippen MR) is 71.8 cm³/mol. The van der Waals surface area contributed by atoms with E-state index in [1.54, 1.807) is 0 Å². The summed E-state index contributed by atoms with van der Waals surface area (Å²) in [6.07, 6.45) is 8.30. The van der Waals surface area contributed by atoms with Crippen molar-refractivity contribution in [2.45, 2.75) is 64.5 Å². The lowest BCUT2D eigenvalue weighted by atomic mass is 9.86. The van der Waals surface area contributed by atoms with Crippen LogP contribution in [0.3, 0.4) is 0 Å². The van der Waals surface area contributed by atoms with Crippen molar-refractivity contribution in [1.29, 1.82) is 0 Å². The monoisotopic (exact) mass is 226 g/mol. The van der Waals surface area contributed by atoms with E-state index in [2.05, 4.69) is 31.1 Å². The third-order valence-corrected chi connectivity index (χ3v) is 4.31. The average Bonchev–Trinajstić information content (AvgIpc) is 2.29. The summed E-state index contributed by atoms with van der Waals surface area (Å²) >= 11 is 0. The van der Waals surface area contributed by atoms with Crippen LogP contribution in [0.5, 0.6) is 0 Å². The largest absolute Gasteiger partial charge is 0.320 e. The fraction of sp³-hybridized carbons (Fsp3) is 1.00. The molecule has 1 saturated carbocycles. The smallest absolute Gasteiger partial charge is 0.00952 e. The van der Waals surface area contributed by atoms with Gasteiger partial charge in [0.1, 0.15) is 0 Å². The lowest BCUT2D eigenvalue weighted by molar-refractivity contribution is 0.125. The SMILES string of the molecule is CNCCCC(C)N(C)C1CCC(C)CC1. The quantitative estimate of drug-likeness (QED) is 0.701. The molecule has 1 atom stereocenters. The van der Waals surface area contributed by atoms with Crippen molar-refractivity contribution in [2.75, 3.05) is 20.6 Å². The maximum atomic E-state index is 3.23. The number of nitrogens with zero attached hydrogens (tertiary/aromatic N) is 1. The van der Waals surface area contributed by atoms with E-state index in [9.17, 15) is 0 Å². The minimum absolute atomic E-state index is 0.742. The van der Waals surface area contributed by atoms with E-state index in [4.69, 9.17) is 0 Å². The van der Waals surface area contributed by atoms with Crippen LogP contribution in [-0.2, 0) is 0 Å². The van der Waals surface area contributed by atoms with Gasteiger partial charge in [-0.15, -0.1) is 0 Å². The molecule has 0 saturated heterocycles. The van der Waals surface area contributed by atoms with Crippen LogP contribution in [0.25, 0.3) is 0 Å². The summed E-state index contributed by atoms with van der Waals surface area (Å²) in [6, 6.07) is 1.59. The molecule has 2 nitrogen and oxygen atoms in total. The minimum Gasteiger partial charge on any atom is -0.320 e. The summed E-state index contributed by atoms with van der Waals surface area (Å²) in [7, 11) is 4.36. The summed E-state index contributed by atoms with van der Waals surface area (Å²) in [5, 5.41) is 3.23. The first-order valence-electron chi connectivity index (χ1n) is 7.01. The molecule has 1 rings (SSSR count). The number of hydrogen-bond donors (Lipinski definition) is 1. The lowest BCUT2D eigenvalue weighted by Crippen LogP contribution is -2.40. The summed E-state index contributed by atoms with van der Waals surface area (Å²) < 4.78 is 0. The highest BCUT2D eigenvalue weighted by Crippen LogP contribution is 2.27. The maximum absolute atomic E-state index is 3.23. The predicted octanol–water partition coefficient (Wildman–Crippen LogP) is 2.89. The van der Waals surface area contributed by atoms with Gasteiger partial charge in [-0.05, 0) is 72.0 Å². The third-order valence-electron chi connectivity index (χ3n) is 4.31. The van der Waals surface area contributed by atoms with E-state index in [0.29, 0.717) is 0 Å². The van der Waals surface area contributed by atoms with Gasteiger partial charge in [-0.1, -0.05) is 6.92 Å². The fourth-order valence-electron chi connectivity index (χ4n) is 2.79. The van der Waals surface area contributed by atoms with Gasteiger partial charge in [0.15, 0.2) is 0 Å². The molecule has 0 spiro atoms. The highest BCUT2D eigenvalue weighted by atomic mass is 15.2. The van der Waals surface area contributed by atoms with Crippen LogP contribution in [0, 0.1) is 5.92 Å². The molecule has 0 aromatic heterocycles. The molecule has 1 aliphatic carbocycles. The molecular formula is C14H30N2. The molecule has 1 unspecified atom stereocenters. The van der Waals surface area contributed by atoms with Crippen molar-refractivity contribution in [3.05, 3.63) is 0 Å². The fourth-order valence-corrected chi connectivity index (χ4v) is 2.79. The van der Waals surface area contributed by atoms with Gasteiger partial charge < -0.3 is 10.2 Å². The van der Waals surface area contributed by atoms with Crippen LogP contribution in [-0.4, -0.2) is 37.6 Å². The van der Waals surface area contributed by atoms with Gasteiger partial charge in [0.05, 0.1) is 0 Å². The Kier molecular flexibility index (Phi) is 6.37. The highest BCUT2D eigenvalue weighted by Gasteiger charge is 2.24.